The maximum absolute atomic E-state index is 12.6. The third-order valence-corrected chi connectivity index (χ3v) is 1.96. The van der Waals surface area contributed by atoms with Crippen molar-refractivity contribution in [1.29, 1.82) is 0 Å². The molecule has 0 bridgehead atoms. The van der Waals surface area contributed by atoms with E-state index >= 15 is 0 Å². The highest BCUT2D eigenvalue weighted by molar-refractivity contribution is 5.74. The van der Waals surface area contributed by atoms with Crippen molar-refractivity contribution in [3.8, 4) is 5.75 Å². The van der Waals surface area contributed by atoms with Gasteiger partial charge in [-0.2, -0.15) is 0 Å². The molecule has 5 nitrogen and oxygen atoms in total. The van der Waals surface area contributed by atoms with Gasteiger partial charge in [0.25, 0.3) is 6.43 Å². The number of pyridine rings is 1. The zero-order valence-electron chi connectivity index (χ0n) is 8.41. The number of carboxylic acids is 1. The van der Waals surface area contributed by atoms with Crippen molar-refractivity contribution in [2.45, 2.75) is 12.8 Å². The third kappa shape index (κ3) is 2.36. The standard InChI is InChI=1S/C9H10F2N2O3/c1-16-7-4(2-6(14)15)9(12)13-3-5(7)8(10)11/h3,8H,2H2,1H3,(H2,12,13)(H,14,15). The normalized spacial score (nSPS) is 10.5. The van der Waals surface area contributed by atoms with Crippen LogP contribution in [0.25, 0.3) is 0 Å². The Morgan fingerprint density at radius 2 is 2.31 bits per heavy atom. The molecule has 0 saturated heterocycles. The van der Waals surface area contributed by atoms with Crippen LogP contribution in [0.1, 0.15) is 17.6 Å². The van der Waals surface area contributed by atoms with Crippen LogP contribution in [0.15, 0.2) is 6.20 Å². The average molecular weight is 232 g/mol. The van der Waals surface area contributed by atoms with Gasteiger partial charge in [-0.25, -0.2) is 13.8 Å². The van der Waals surface area contributed by atoms with Crippen LogP contribution in [0.2, 0.25) is 0 Å². The number of nitrogens with zero attached hydrogens (tertiary/aromatic N) is 1. The molecule has 0 saturated carbocycles. The zero-order valence-corrected chi connectivity index (χ0v) is 8.41. The summed E-state index contributed by atoms with van der Waals surface area (Å²) in [4.78, 5) is 14.1. The first-order valence-corrected chi connectivity index (χ1v) is 4.28. The van der Waals surface area contributed by atoms with Crippen LogP contribution < -0.4 is 10.5 Å². The number of nitrogen functional groups attached to an aromatic ring is 1. The molecule has 1 aromatic heterocycles. The van der Waals surface area contributed by atoms with Crippen molar-refractivity contribution in [1.82, 2.24) is 4.98 Å². The van der Waals surface area contributed by atoms with E-state index in [4.69, 9.17) is 15.6 Å². The molecule has 1 rings (SSSR count). The lowest BCUT2D eigenvalue weighted by atomic mass is 10.1. The number of hydrogen-bond acceptors (Lipinski definition) is 4. The van der Waals surface area contributed by atoms with Gasteiger partial charge in [-0.3, -0.25) is 4.79 Å². The van der Waals surface area contributed by atoms with Gasteiger partial charge in [-0.15, -0.1) is 0 Å². The van der Waals surface area contributed by atoms with Gasteiger partial charge in [0.05, 0.1) is 19.1 Å². The third-order valence-electron chi connectivity index (χ3n) is 1.96. The van der Waals surface area contributed by atoms with Crippen LogP contribution in [0.4, 0.5) is 14.6 Å². The van der Waals surface area contributed by atoms with Crippen molar-refractivity contribution >= 4 is 11.8 Å². The molecule has 0 aromatic carbocycles. The van der Waals surface area contributed by atoms with Crippen LogP contribution in [-0.4, -0.2) is 23.2 Å². The van der Waals surface area contributed by atoms with Gasteiger partial charge in [0.15, 0.2) is 0 Å². The van der Waals surface area contributed by atoms with Gasteiger partial charge in [0.1, 0.15) is 11.6 Å². The Hall–Kier alpha value is -1.92. The first-order chi connectivity index (χ1) is 7.47. The highest BCUT2D eigenvalue weighted by Crippen LogP contribution is 2.34. The molecule has 0 fully saturated rings. The van der Waals surface area contributed by atoms with Gasteiger partial charge >= 0.3 is 5.97 Å². The van der Waals surface area contributed by atoms with Crippen molar-refractivity contribution in [3.63, 3.8) is 0 Å². The summed E-state index contributed by atoms with van der Waals surface area (Å²) in [6.07, 6.45) is -2.43. The first kappa shape index (κ1) is 12.2. The van der Waals surface area contributed by atoms with Crippen molar-refractivity contribution in [2.75, 3.05) is 12.8 Å². The number of carboxylic acid groups (broad SMARTS) is 1. The minimum atomic E-state index is -2.80. The average Bonchev–Trinajstić information content (AvgIpc) is 2.19. The number of alkyl halides is 2. The minimum absolute atomic E-state index is 0.0344. The van der Waals surface area contributed by atoms with Gasteiger partial charge < -0.3 is 15.6 Å². The summed E-state index contributed by atoms with van der Waals surface area (Å²) < 4.78 is 29.9. The quantitative estimate of drug-likeness (QED) is 0.815. The van der Waals surface area contributed by atoms with E-state index in [1.807, 2.05) is 0 Å². The van der Waals surface area contributed by atoms with Gasteiger partial charge in [0.2, 0.25) is 0 Å². The maximum atomic E-state index is 12.6. The Balaban J connectivity index is 3.32. The fourth-order valence-corrected chi connectivity index (χ4v) is 1.28. The molecule has 0 aliphatic rings. The molecule has 0 aliphatic carbocycles. The predicted octanol–water partition coefficient (Wildman–Crippen LogP) is 1.24. The van der Waals surface area contributed by atoms with E-state index in [1.54, 1.807) is 0 Å². The Bertz CT molecular complexity index is 410. The number of carbonyl (C=O) groups is 1. The number of halogens is 2. The van der Waals surface area contributed by atoms with E-state index in [0.717, 1.165) is 6.20 Å². The molecular formula is C9H10F2N2O3. The molecule has 0 spiro atoms. The fraction of sp³-hybridized carbons (Fsp3) is 0.333. The molecule has 16 heavy (non-hydrogen) atoms. The van der Waals surface area contributed by atoms with E-state index in [2.05, 4.69) is 4.98 Å². The Morgan fingerprint density at radius 3 is 2.75 bits per heavy atom. The number of anilines is 1. The summed E-state index contributed by atoms with van der Waals surface area (Å²) in [5.74, 6) is -1.54. The van der Waals surface area contributed by atoms with Crippen LogP contribution in [0.5, 0.6) is 5.75 Å². The smallest absolute Gasteiger partial charge is 0.308 e. The number of aliphatic carboxylic acids is 1. The van der Waals surface area contributed by atoms with Crippen LogP contribution in [0, 0.1) is 0 Å². The Labute approximate surface area is 89.9 Å². The van der Waals surface area contributed by atoms with Gasteiger partial charge in [-0.1, -0.05) is 0 Å². The topological polar surface area (TPSA) is 85.4 Å². The second-order valence-corrected chi connectivity index (χ2v) is 2.98. The molecule has 0 atom stereocenters. The van der Waals surface area contributed by atoms with E-state index < -0.39 is 24.4 Å². The summed E-state index contributed by atoms with van der Waals surface area (Å²) >= 11 is 0. The summed E-state index contributed by atoms with van der Waals surface area (Å²) in [6.45, 7) is 0. The van der Waals surface area contributed by atoms with E-state index in [9.17, 15) is 13.6 Å². The summed E-state index contributed by atoms with van der Waals surface area (Å²) in [5, 5.41) is 8.61. The minimum Gasteiger partial charge on any atom is -0.496 e. The lowest BCUT2D eigenvalue weighted by Gasteiger charge is -2.13. The van der Waals surface area contributed by atoms with E-state index in [1.165, 1.54) is 7.11 Å². The number of nitrogens with two attached hydrogens (primary N) is 1. The van der Waals surface area contributed by atoms with Crippen molar-refractivity contribution in [3.05, 3.63) is 17.3 Å². The van der Waals surface area contributed by atoms with Crippen molar-refractivity contribution < 1.29 is 23.4 Å². The lowest BCUT2D eigenvalue weighted by molar-refractivity contribution is -0.136. The van der Waals surface area contributed by atoms with Crippen molar-refractivity contribution in [2.24, 2.45) is 0 Å². The summed E-state index contributed by atoms with van der Waals surface area (Å²) in [6, 6.07) is 0. The molecule has 7 heteroatoms. The zero-order chi connectivity index (χ0) is 12.3. The molecule has 88 valence electrons. The fourth-order valence-electron chi connectivity index (χ4n) is 1.28. The summed E-state index contributed by atoms with van der Waals surface area (Å²) in [7, 11) is 1.17. The SMILES string of the molecule is COc1c(C(F)F)cnc(N)c1CC(=O)O. The molecule has 0 amide bonds. The van der Waals surface area contributed by atoms with E-state index in [-0.39, 0.29) is 17.1 Å². The van der Waals surface area contributed by atoms with Crippen LogP contribution in [0.3, 0.4) is 0 Å². The second kappa shape index (κ2) is 4.73. The second-order valence-electron chi connectivity index (χ2n) is 2.98. The molecular weight excluding hydrogens is 222 g/mol. The highest BCUT2D eigenvalue weighted by Gasteiger charge is 2.21. The van der Waals surface area contributed by atoms with Gasteiger partial charge in [0, 0.05) is 11.8 Å². The number of methoxy groups -OCH3 is 1. The first-order valence-electron chi connectivity index (χ1n) is 4.28. The molecule has 0 radical (unpaired) electrons. The highest BCUT2D eigenvalue weighted by atomic mass is 19.3. The van der Waals surface area contributed by atoms with Gasteiger partial charge in [-0.05, 0) is 0 Å². The molecule has 3 N–H and O–H groups in total. The summed E-state index contributed by atoms with van der Waals surface area (Å²) in [5.41, 5.74) is 4.92. The molecule has 1 heterocycles. The van der Waals surface area contributed by atoms with E-state index in [0.29, 0.717) is 0 Å². The monoisotopic (exact) mass is 232 g/mol. The Morgan fingerprint density at radius 1 is 1.69 bits per heavy atom. The lowest BCUT2D eigenvalue weighted by Crippen LogP contribution is -2.09. The molecule has 0 aliphatic heterocycles. The number of hydrogen-bond donors (Lipinski definition) is 2. The van der Waals surface area contributed by atoms with Crippen LogP contribution >= 0.6 is 0 Å². The largest absolute Gasteiger partial charge is 0.496 e. The predicted molar refractivity (Wildman–Crippen MR) is 51.5 cm³/mol. The van der Waals surface area contributed by atoms with Crippen LogP contribution in [-0.2, 0) is 11.2 Å². The Kier molecular flexibility index (Phi) is 3.60. The maximum Gasteiger partial charge on any atom is 0.308 e. The number of rotatable bonds is 4. The number of aromatic nitrogens is 1. The molecule has 1 aromatic rings. The molecule has 0 unspecified atom stereocenters. The number of ether oxygens (including phenoxy) is 1.